The van der Waals surface area contributed by atoms with Crippen LogP contribution < -0.4 is 5.32 Å². The second-order valence-electron chi connectivity index (χ2n) is 3.69. The molecule has 0 aliphatic carbocycles. The van der Waals surface area contributed by atoms with Gasteiger partial charge in [0.2, 0.25) is 0 Å². The van der Waals surface area contributed by atoms with Crippen molar-refractivity contribution in [3.8, 4) is 0 Å². The van der Waals surface area contributed by atoms with Gasteiger partial charge in [-0.15, -0.1) is 0 Å². The SMILES string of the molecule is Cc1cccc(NC(=O)c2cnoc2C)c1Br. The quantitative estimate of drug-likeness (QED) is 0.924. The van der Waals surface area contributed by atoms with Gasteiger partial charge in [-0.2, -0.15) is 0 Å². The molecule has 5 heteroatoms. The molecule has 0 saturated carbocycles. The van der Waals surface area contributed by atoms with Gasteiger partial charge in [-0.05, 0) is 41.4 Å². The lowest BCUT2D eigenvalue weighted by Crippen LogP contribution is -2.12. The summed E-state index contributed by atoms with van der Waals surface area (Å²) in [6.45, 7) is 3.66. The minimum Gasteiger partial charge on any atom is -0.361 e. The Labute approximate surface area is 107 Å². The second kappa shape index (κ2) is 4.71. The Morgan fingerprint density at radius 1 is 1.41 bits per heavy atom. The van der Waals surface area contributed by atoms with Crippen LogP contribution in [0.15, 0.2) is 33.4 Å². The number of anilines is 1. The lowest BCUT2D eigenvalue weighted by molar-refractivity contribution is 0.102. The molecule has 0 atom stereocenters. The van der Waals surface area contributed by atoms with E-state index in [2.05, 4.69) is 26.4 Å². The number of aromatic nitrogens is 1. The molecule has 88 valence electrons. The number of rotatable bonds is 2. The van der Waals surface area contributed by atoms with Crippen LogP contribution in [0.1, 0.15) is 21.7 Å². The number of hydrogen-bond donors (Lipinski definition) is 1. The summed E-state index contributed by atoms with van der Waals surface area (Å²) in [5, 5.41) is 6.39. The zero-order chi connectivity index (χ0) is 12.4. The van der Waals surface area contributed by atoms with Gasteiger partial charge in [0.05, 0.1) is 11.9 Å². The van der Waals surface area contributed by atoms with Crippen LogP contribution in [0.5, 0.6) is 0 Å². The highest BCUT2D eigenvalue weighted by Gasteiger charge is 2.14. The van der Waals surface area contributed by atoms with Crippen molar-refractivity contribution in [2.45, 2.75) is 13.8 Å². The predicted octanol–water partition coefficient (Wildman–Crippen LogP) is 3.31. The molecule has 0 radical (unpaired) electrons. The van der Waals surface area contributed by atoms with Gasteiger partial charge >= 0.3 is 0 Å². The number of nitrogens with one attached hydrogen (secondary N) is 1. The molecule has 0 fully saturated rings. The van der Waals surface area contributed by atoms with Crippen molar-refractivity contribution in [1.29, 1.82) is 0 Å². The first-order chi connectivity index (χ1) is 8.09. The third-order valence-electron chi connectivity index (χ3n) is 2.44. The first-order valence-corrected chi connectivity index (χ1v) is 5.86. The number of carbonyl (C=O) groups excluding carboxylic acids is 1. The van der Waals surface area contributed by atoms with E-state index in [-0.39, 0.29) is 5.91 Å². The Balaban J connectivity index is 2.25. The molecule has 4 nitrogen and oxygen atoms in total. The van der Waals surface area contributed by atoms with Gasteiger partial charge in [0.25, 0.3) is 5.91 Å². The van der Waals surface area contributed by atoms with E-state index < -0.39 is 0 Å². The second-order valence-corrected chi connectivity index (χ2v) is 4.48. The average Bonchev–Trinajstić information content (AvgIpc) is 2.71. The van der Waals surface area contributed by atoms with Crippen LogP contribution >= 0.6 is 15.9 Å². The molecule has 1 amide bonds. The summed E-state index contributed by atoms with van der Waals surface area (Å²) in [6.07, 6.45) is 1.41. The monoisotopic (exact) mass is 294 g/mol. The van der Waals surface area contributed by atoms with Crippen molar-refractivity contribution in [3.05, 3.63) is 45.8 Å². The summed E-state index contributed by atoms with van der Waals surface area (Å²) in [6, 6.07) is 5.68. The molecule has 1 aromatic heterocycles. The van der Waals surface area contributed by atoms with Crippen LogP contribution in [0.4, 0.5) is 5.69 Å². The highest BCUT2D eigenvalue weighted by atomic mass is 79.9. The van der Waals surface area contributed by atoms with Gasteiger partial charge in [-0.25, -0.2) is 0 Å². The molecule has 1 heterocycles. The summed E-state index contributed by atoms with van der Waals surface area (Å²) in [7, 11) is 0. The van der Waals surface area contributed by atoms with E-state index in [0.717, 1.165) is 15.7 Å². The number of benzene rings is 1. The number of aryl methyl sites for hydroxylation is 2. The van der Waals surface area contributed by atoms with Crippen LogP contribution in [-0.2, 0) is 0 Å². The molecular weight excluding hydrogens is 284 g/mol. The summed E-state index contributed by atoms with van der Waals surface area (Å²) < 4.78 is 5.73. The van der Waals surface area contributed by atoms with Gasteiger partial charge in [-0.1, -0.05) is 17.3 Å². The summed E-state index contributed by atoms with van der Waals surface area (Å²) >= 11 is 3.44. The Morgan fingerprint density at radius 2 is 2.18 bits per heavy atom. The number of nitrogens with zero attached hydrogens (tertiary/aromatic N) is 1. The fraction of sp³-hybridized carbons (Fsp3) is 0.167. The maximum absolute atomic E-state index is 11.9. The van der Waals surface area contributed by atoms with E-state index in [1.807, 2.05) is 25.1 Å². The maximum Gasteiger partial charge on any atom is 0.260 e. The van der Waals surface area contributed by atoms with E-state index in [4.69, 9.17) is 4.52 Å². The van der Waals surface area contributed by atoms with Crippen molar-refractivity contribution in [2.75, 3.05) is 5.32 Å². The van der Waals surface area contributed by atoms with Crippen molar-refractivity contribution in [2.24, 2.45) is 0 Å². The molecule has 1 aromatic carbocycles. The Bertz CT molecular complexity index is 563. The molecule has 0 saturated heterocycles. The standard InChI is InChI=1S/C12H11BrN2O2/c1-7-4-3-5-10(11(7)13)15-12(16)9-6-14-17-8(9)2/h3-6H,1-2H3,(H,15,16). The lowest BCUT2D eigenvalue weighted by Gasteiger charge is -2.08. The van der Waals surface area contributed by atoms with Gasteiger partial charge in [0, 0.05) is 4.47 Å². The molecule has 0 unspecified atom stereocenters. The molecule has 2 rings (SSSR count). The highest BCUT2D eigenvalue weighted by Crippen LogP contribution is 2.26. The first kappa shape index (κ1) is 11.9. The molecule has 0 aliphatic heterocycles. The lowest BCUT2D eigenvalue weighted by atomic mass is 10.2. The Hall–Kier alpha value is -1.62. The van der Waals surface area contributed by atoms with Crippen molar-refractivity contribution in [3.63, 3.8) is 0 Å². The molecule has 2 aromatic rings. The summed E-state index contributed by atoms with van der Waals surface area (Å²) in [5.41, 5.74) is 2.24. The van der Waals surface area contributed by atoms with Gasteiger partial charge in [0.1, 0.15) is 11.3 Å². The van der Waals surface area contributed by atoms with E-state index >= 15 is 0 Å². The van der Waals surface area contributed by atoms with Crippen molar-refractivity contribution < 1.29 is 9.32 Å². The van der Waals surface area contributed by atoms with Crippen LogP contribution in [0.25, 0.3) is 0 Å². The number of halogens is 1. The van der Waals surface area contributed by atoms with Gasteiger partial charge < -0.3 is 9.84 Å². The highest BCUT2D eigenvalue weighted by molar-refractivity contribution is 9.10. The predicted molar refractivity (Wildman–Crippen MR) is 68.1 cm³/mol. The molecule has 0 spiro atoms. The van der Waals surface area contributed by atoms with Crippen LogP contribution in [-0.4, -0.2) is 11.1 Å². The molecule has 0 bridgehead atoms. The zero-order valence-electron chi connectivity index (χ0n) is 9.45. The third-order valence-corrected chi connectivity index (χ3v) is 3.49. The Morgan fingerprint density at radius 3 is 2.82 bits per heavy atom. The van der Waals surface area contributed by atoms with Crippen LogP contribution in [0, 0.1) is 13.8 Å². The van der Waals surface area contributed by atoms with Crippen LogP contribution in [0.2, 0.25) is 0 Å². The maximum atomic E-state index is 11.9. The van der Waals surface area contributed by atoms with Gasteiger partial charge in [-0.3, -0.25) is 4.79 Å². The summed E-state index contributed by atoms with van der Waals surface area (Å²) in [5.74, 6) is 0.279. The van der Waals surface area contributed by atoms with E-state index in [9.17, 15) is 4.79 Å². The molecular formula is C12H11BrN2O2. The van der Waals surface area contributed by atoms with E-state index in [1.54, 1.807) is 6.92 Å². The van der Waals surface area contributed by atoms with Crippen molar-refractivity contribution >= 4 is 27.5 Å². The number of carbonyl (C=O) groups is 1. The normalized spacial score (nSPS) is 10.3. The Kier molecular flexibility index (Phi) is 3.28. The van der Waals surface area contributed by atoms with Crippen molar-refractivity contribution in [1.82, 2.24) is 5.16 Å². The minimum absolute atomic E-state index is 0.227. The van der Waals surface area contributed by atoms with E-state index in [0.29, 0.717) is 11.3 Å². The molecule has 0 aliphatic rings. The topological polar surface area (TPSA) is 55.1 Å². The largest absolute Gasteiger partial charge is 0.361 e. The average molecular weight is 295 g/mol. The number of hydrogen-bond acceptors (Lipinski definition) is 3. The van der Waals surface area contributed by atoms with Crippen LogP contribution in [0.3, 0.4) is 0 Å². The molecule has 1 N–H and O–H groups in total. The first-order valence-electron chi connectivity index (χ1n) is 5.07. The number of amides is 1. The van der Waals surface area contributed by atoms with Gasteiger partial charge in [0.15, 0.2) is 0 Å². The minimum atomic E-state index is -0.227. The third kappa shape index (κ3) is 2.39. The summed E-state index contributed by atoms with van der Waals surface area (Å²) in [4.78, 5) is 11.9. The zero-order valence-corrected chi connectivity index (χ0v) is 11.0. The fourth-order valence-corrected chi connectivity index (χ4v) is 1.81. The smallest absolute Gasteiger partial charge is 0.260 e. The molecule has 17 heavy (non-hydrogen) atoms. The van der Waals surface area contributed by atoms with E-state index in [1.165, 1.54) is 6.20 Å². The fourth-order valence-electron chi connectivity index (χ4n) is 1.45.